The van der Waals surface area contributed by atoms with Crippen molar-refractivity contribution in [2.75, 3.05) is 25.0 Å². The normalized spacial score (nSPS) is 17.8. The van der Waals surface area contributed by atoms with Crippen LogP contribution in [0.25, 0.3) is 0 Å². The van der Waals surface area contributed by atoms with Crippen LogP contribution in [0.1, 0.15) is 29.1 Å². The summed E-state index contributed by atoms with van der Waals surface area (Å²) in [6, 6.07) is 1.99. The van der Waals surface area contributed by atoms with E-state index in [1.807, 2.05) is 0 Å². The standard InChI is InChI=1S/C16H21N5O3S/c1-10-16(11(2)24-19-10)25(22,23)20(3)13-8-21(9-13)15-7-12-5-4-6-14(12)17-18-15/h7,13H,4-6,8-9H2,1-3H3. The van der Waals surface area contributed by atoms with Gasteiger partial charge in [0.15, 0.2) is 11.6 Å². The van der Waals surface area contributed by atoms with Crippen LogP contribution in [0.3, 0.4) is 0 Å². The van der Waals surface area contributed by atoms with Gasteiger partial charge in [0.25, 0.3) is 0 Å². The fourth-order valence-corrected chi connectivity index (χ4v) is 5.15. The van der Waals surface area contributed by atoms with E-state index in [2.05, 4.69) is 26.3 Å². The first kappa shape index (κ1) is 16.5. The Morgan fingerprint density at radius 1 is 1.24 bits per heavy atom. The van der Waals surface area contributed by atoms with Gasteiger partial charge in [-0.05, 0) is 44.7 Å². The number of aromatic nitrogens is 3. The summed E-state index contributed by atoms with van der Waals surface area (Å²) in [5.74, 6) is 1.16. The summed E-state index contributed by atoms with van der Waals surface area (Å²) in [7, 11) is -2.01. The zero-order valence-corrected chi connectivity index (χ0v) is 15.4. The predicted octanol–water partition coefficient (Wildman–Crippen LogP) is 1.08. The molecule has 0 N–H and O–H groups in total. The Bertz CT molecular complexity index is 898. The predicted molar refractivity (Wildman–Crippen MR) is 91.0 cm³/mol. The van der Waals surface area contributed by atoms with Crippen LogP contribution in [0.15, 0.2) is 15.5 Å². The van der Waals surface area contributed by atoms with Gasteiger partial charge >= 0.3 is 0 Å². The zero-order valence-electron chi connectivity index (χ0n) is 14.6. The van der Waals surface area contributed by atoms with Crippen LogP contribution in [0.2, 0.25) is 0 Å². The van der Waals surface area contributed by atoms with Gasteiger partial charge in [-0.15, -0.1) is 5.10 Å². The van der Waals surface area contributed by atoms with Crippen molar-refractivity contribution in [1.29, 1.82) is 0 Å². The number of anilines is 1. The molecule has 0 aromatic carbocycles. The van der Waals surface area contributed by atoms with Crippen molar-refractivity contribution in [3.05, 3.63) is 28.8 Å². The number of aryl methyl sites for hydroxylation is 4. The largest absolute Gasteiger partial charge is 0.360 e. The third-order valence-corrected chi connectivity index (χ3v) is 7.27. The summed E-state index contributed by atoms with van der Waals surface area (Å²) in [6.45, 7) is 4.47. The second kappa shape index (κ2) is 5.77. The van der Waals surface area contributed by atoms with E-state index < -0.39 is 10.0 Å². The van der Waals surface area contributed by atoms with E-state index in [4.69, 9.17) is 4.52 Å². The van der Waals surface area contributed by atoms with Gasteiger partial charge in [-0.3, -0.25) is 0 Å². The average Bonchev–Trinajstić information content (AvgIpc) is 3.11. The summed E-state index contributed by atoms with van der Waals surface area (Å²) in [4.78, 5) is 2.24. The fraction of sp³-hybridized carbons (Fsp3) is 0.562. The number of hydrogen-bond acceptors (Lipinski definition) is 7. The first-order valence-electron chi connectivity index (χ1n) is 8.39. The Balaban J connectivity index is 1.48. The Morgan fingerprint density at radius 2 is 2.00 bits per heavy atom. The molecule has 0 unspecified atom stereocenters. The van der Waals surface area contributed by atoms with Gasteiger partial charge in [0, 0.05) is 20.1 Å². The smallest absolute Gasteiger partial charge is 0.248 e. The molecule has 0 radical (unpaired) electrons. The number of sulfonamides is 1. The molecule has 2 aliphatic rings. The summed E-state index contributed by atoms with van der Waals surface area (Å²) >= 11 is 0. The first-order valence-corrected chi connectivity index (χ1v) is 9.83. The third-order valence-electron chi connectivity index (χ3n) is 5.11. The lowest BCUT2D eigenvalue weighted by Crippen LogP contribution is -2.60. The summed E-state index contributed by atoms with van der Waals surface area (Å²) < 4.78 is 32.1. The maximum absolute atomic E-state index is 12.8. The van der Waals surface area contributed by atoms with Crippen LogP contribution in [0, 0.1) is 13.8 Å². The molecule has 9 heteroatoms. The van der Waals surface area contributed by atoms with Crippen LogP contribution in [0.4, 0.5) is 5.82 Å². The second-order valence-corrected chi connectivity index (χ2v) is 8.70. The highest BCUT2D eigenvalue weighted by atomic mass is 32.2. The molecule has 1 aliphatic carbocycles. The van der Waals surface area contributed by atoms with Crippen molar-refractivity contribution < 1.29 is 12.9 Å². The van der Waals surface area contributed by atoms with Crippen molar-refractivity contribution in [3.63, 3.8) is 0 Å². The molecule has 1 aliphatic heterocycles. The fourth-order valence-electron chi connectivity index (χ4n) is 3.53. The number of fused-ring (bicyclic) bond motifs is 1. The van der Waals surface area contributed by atoms with E-state index in [1.54, 1.807) is 20.9 Å². The molecule has 2 aromatic rings. The van der Waals surface area contributed by atoms with E-state index in [0.717, 1.165) is 30.8 Å². The monoisotopic (exact) mass is 363 g/mol. The highest BCUT2D eigenvalue weighted by molar-refractivity contribution is 7.89. The molecule has 0 amide bonds. The van der Waals surface area contributed by atoms with E-state index in [0.29, 0.717) is 24.5 Å². The molecule has 25 heavy (non-hydrogen) atoms. The Kier molecular flexibility index (Phi) is 3.80. The first-order chi connectivity index (χ1) is 11.9. The highest BCUT2D eigenvalue weighted by Crippen LogP contribution is 2.29. The van der Waals surface area contributed by atoms with E-state index >= 15 is 0 Å². The maximum atomic E-state index is 12.8. The SMILES string of the molecule is Cc1noc(C)c1S(=O)(=O)N(C)C1CN(c2cc3c(nn2)CCC3)C1. The van der Waals surface area contributed by atoms with Gasteiger partial charge in [0.05, 0.1) is 11.7 Å². The van der Waals surface area contributed by atoms with Crippen molar-refractivity contribution >= 4 is 15.8 Å². The molecular formula is C16H21N5O3S. The molecule has 0 spiro atoms. The topological polar surface area (TPSA) is 92.4 Å². The van der Waals surface area contributed by atoms with Gasteiger partial charge in [-0.2, -0.15) is 9.40 Å². The minimum absolute atomic E-state index is 0.103. The molecule has 0 atom stereocenters. The number of hydrogen-bond donors (Lipinski definition) is 0. The molecule has 4 rings (SSSR count). The highest BCUT2D eigenvalue weighted by Gasteiger charge is 2.39. The van der Waals surface area contributed by atoms with Crippen LogP contribution in [0.5, 0.6) is 0 Å². The molecule has 1 saturated heterocycles. The van der Waals surface area contributed by atoms with Crippen LogP contribution in [-0.2, 0) is 22.9 Å². The van der Waals surface area contributed by atoms with Gasteiger partial charge in [-0.1, -0.05) is 5.16 Å². The van der Waals surface area contributed by atoms with E-state index in [1.165, 1.54) is 9.87 Å². The van der Waals surface area contributed by atoms with Crippen LogP contribution >= 0.6 is 0 Å². The van der Waals surface area contributed by atoms with Gasteiger partial charge in [0.2, 0.25) is 10.0 Å². The summed E-state index contributed by atoms with van der Waals surface area (Å²) in [5.41, 5.74) is 2.76. The lowest BCUT2D eigenvalue weighted by Gasteiger charge is -2.43. The quantitative estimate of drug-likeness (QED) is 0.802. The lowest BCUT2D eigenvalue weighted by atomic mass is 10.1. The van der Waals surface area contributed by atoms with Crippen molar-refractivity contribution in [2.24, 2.45) is 0 Å². The number of nitrogens with zero attached hydrogens (tertiary/aromatic N) is 5. The Hall–Kier alpha value is -2.00. The minimum Gasteiger partial charge on any atom is -0.360 e. The van der Waals surface area contributed by atoms with Gasteiger partial charge in [-0.25, -0.2) is 8.42 Å². The summed E-state index contributed by atoms with van der Waals surface area (Å²) in [6.07, 6.45) is 3.19. The second-order valence-electron chi connectivity index (χ2n) is 6.76. The molecule has 8 nitrogen and oxygen atoms in total. The Labute approximate surface area is 146 Å². The molecular weight excluding hydrogens is 342 g/mol. The number of rotatable bonds is 4. The molecule has 1 fully saturated rings. The molecule has 2 aromatic heterocycles. The molecule has 3 heterocycles. The van der Waals surface area contributed by atoms with Crippen molar-refractivity contribution in [3.8, 4) is 0 Å². The average molecular weight is 363 g/mol. The van der Waals surface area contributed by atoms with E-state index in [-0.39, 0.29) is 10.9 Å². The Morgan fingerprint density at radius 3 is 2.68 bits per heavy atom. The maximum Gasteiger partial charge on any atom is 0.248 e. The zero-order chi connectivity index (χ0) is 17.8. The third kappa shape index (κ3) is 2.62. The van der Waals surface area contributed by atoms with Crippen molar-refractivity contribution in [2.45, 2.75) is 44.0 Å². The molecule has 0 saturated carbocycles. The number of likely N-dealkylation sites (N-methyl/N-ethyl adjacent to an activating group) is 1. The van der Waals surface area contributed by atoms with Gasteiger partial charge in [0.1, 0.15) is 10.6 Å². The van der Waals surface area contributed by atoms with Gasteiger partial charge < -0.3 is 9.42 Å². The minimum atomic E-state index is -3.62. The molecule has 0 bridgehead atoms. The summed E-state index contributed by atoms with van der Waals surface area (Å²) in [5, 5.41) is 12.3. The van der Waals surface area contributed by atoms with E-state index in [9.17, 15) is 8.42 Å². The van der Waals surface area contributed by atoms with Crippen LogP contribution < -0.4 is 4.90 Å². The van der Waals surface area contributed by atoms with Crippen LogP contribution in [-0.4, -0.2) is 54.3 Å². The lowest BCUT2D eigenvalue weighted by molar-refractivity contribution is 0.308. The molecule has 134 valence electrons. The van der Waals surface area contributed by atoms with Crippen molar-refractivity contribution in [1.82, 2.24) is 19.7 Å².